The van der Waals surface area contributed by atoms with E-state index in [1.54, 1.807) is 6.92 Å². The normalized spacial score (nSPS) is 8.75. The van der Waals surface area contributed by atoms with Crippen molar-refractivity contribution in [1.82, 2.24) is 0 Å². The average molecular weight is 204 g/mol. The maximum absolute atomic E-state index is 10.6. The van der Waals surface area contributed by atoms with Crippen molar-refractivity contribution in [1.29, 1.82) is 0 Å². The Balaban J connectivity index is 0.00000121. The van der Waals surface area contributed by atoms with Gasteiger partial charge in [0.2, 0.25) is 0 Å². The Hall–Kier alpha value is -0.591. The molecule has 0 heterocycles. The molecule has 0 aliphatic carbocycles. The monoisotopic (exact) mass is 204 g/mol. The molecule has 0 aromatic heterocycles. The van der Waals surface area contributed by atoms with E-state index in [0.29, 0.717) is 6.42 Å². The maximum Gasteiger partial charge on any atom is 0.130 e. The molecule has 0 saturated carbocycles. The van der Waals surface area contributed by atoms with Crippen LogP contribution in [0, 0.1) is 0 Å². The molecule has 1 aromatic rings. The first-order valence-electron chi connectivity index (χ1n) is 3.82. The van der Waals surface area contributed by atoms with Gasteiger partial charge in [-0.05, 0) is 18.9 Å². The first kappa shape index (κ1) is 11.4. The number of carbonyl (C=O) groups is 1. The molecule has 66 valence electrons. The van der Waals surface area contributed by atoms with Crippen LogP contribution >= 0.6 is 0 Å². The SMILES string of the molecule is CC(=O)CCc1ccccc1.[Fe]. The van der Waals surface area contributed by atoms with Gasteiger partial charge in [-0.3, -0.25) is 0 Å². The van der Waals surface area contributed by atoms with Crippen molar-refractivity contribution >= 4 is 5.78 Å². The molecule has 0 fully saturated rings. The Kier molecular flexibility index (Phi) is 5.69. The molecular formula is C10H12FeO. The first-order valence-corrected chi connectivity index (χ1v) is 3.82. The maximum atomic E-state index is 10.6. The van der Waals surface area contributed by atoms with E-state index in [4.69, 9.17) is 0 Å². The van der Waals surface area contributed by atoms with Crippen molar-refractivity contribution in [3.8, 4) is 0 Å². The first-order chi connectivity index (χ1) is 5.29. The van der Waals surface area contributed by atoms with Gasteiger partial charge in [0, 0.05) is 23.5 Å². The predicted molar refractivity (Wildman–Crippen MR) is 45.4 cm³/mol. The van der Waals surface area contributed by atoms with Gasteiger partial charge in [0.15, 0.2) is 0 Å². The second-order valence-corrected chi connectivity index (χ2v) is 2.69. The molecule has 0 saturated heterocycles. The van der Waals surface area contributed by atoms with Gasteiger partial charge in [-0.2, -0.15) is 0 Å². The molecule has 1 rings (SSSR count). The molecule has 0 aliphatic heterocycles. The van der Waals surface area contributed by atoms with Crippen molar-refractivity contribution < 1.29 is 21.9 Å². The molecule has 0 radical (unpaired) electrons. The van der Waals surface area contributed by atoms with E-state index in [0.717, 1.165) is 6.42 Å². The smallest absolute Gasteiger partial charge is 0.130 e. The van der Waals surface area contributed by atoms with Crippen LogP contribution in [0.3, 0.4) is 0 Å². The number of ketones is 1. The summed E-state index contributed by atoms with van der Waals surface area (Å²) in [4.78, 5) is 10.6. The number of Topliss-reactive ketones (excluding diaryl/α,β-unsaturated/α-hetero) is 1. The average Bonchev–Trinajstić information content (AvgIpc) is 2.03. The third kappa shape index (κ3) is 4.32. The van der Waals surface area contributed by atoms with Crippen LogP contribution < -0.4 is 0 Å². The van der Waals surface area contributed by atoms with Crippen molar-refractivity contribution in [2.45, 2.75) is 19.8 Å². The standard InChI is InChI=1S/C10H12O.Fe/c1-9(11)7-8-10-5-3-2-4-6-10;/h2-6H,7-8H2,1H3;. The number of rotatable bonds is 3. The third-order valence-electron chi connectivity index (χ3n) is 1.61. The van der Waals surface area contributed by atoms with Gasteiger partial charge in [0.05, 0.1) is 0 Å². The number of hydrogen-bond acceptors (Lipinski definition) is 1. The Labute approximate surface area is 83.6 Å². The second-order valence-electron chi connectivity index (χ2n) is 2.69. The fraction of sp³-hybridized carbons (Fsp3) is 0.300. The number of benzene rings is 1. The topological polar surface area (TPSA) is 17.1 Å². The molecule has 0 spiro atoms. The molecule has 0 unspecified atom stereocenters. The van der Waals surface area contributed by atoms with Crippen LogP contribution in [0.15, 0.2) is 30.3 Å². The molecule has 12 heavy (non-hydrogen) atoms. The van der Waals surface area contributed by atoms with E-state index in [2.05, 4.69) is 0 Å². The van der Waals surface area contributed by atoms with Crippen molar-refractivity contribution in [2.24, 2.45) is 0 Å². The quantitative estimate of drug-likeness (QED) is 0.689. The van der Waals surface area contributed by atoms with Gasteiger partial charge in [-0.1, -0.05) is 30.3 Å². The van der Waals surface area contributed by atoms with Crippen molar-refractivity contribution in [3.63, 3.8) is 0 Å². The Morgan fingerprint density at radius 3 is 2.33 bits per heavy atom. The molecule has 0 bridgehead atoms. The van der Waals surface area contributed by atoms with Gasteiger partial charge >= 0.3 is 0 Å². The third-order valence-corrected chi connectivity index (χ3v) is 1.61. The Bertz CT molecular complexity index is 231. The van der Waals surface area contributed by atoms with E-state index >= 15 is 0 Å². The van der Waals surface area contributed by atoms with E-state index in [9.17, 15) is 4.79 Å². The van der Waals surface area contributed by atoms with Crippen LogP contribution in [-0.4, -0.2) is 5.78 Å². The predicted octanol–water partition coefficient (Wildman–Crippen LogP) is 2.21. The minimum Gasteiger partial charge on any atom is -0.300 e. The molecule has 0 amide bonds. The summed E-state index contributed by atoms with van der Waals surface area (Å²) in [6, 6.07) is 10.1. The minimum atomic E-state index is 0. The second kappa shape index (κ2) is 5.98. The summed E-state index contributed by atoms with van der Waals surface area (Å²) in [6.45, 7) is 1.63. The van der Waals surface area contributed by atoms with Gasteiger partial charge in [0.25, 0.3) is 0 Å². The fourth-order valence-corrected chi connectivity index (χ4v) is 0.965. The Morgan fingerprint density at radius 2 is 1.83 bits per heavy atom. The van der Waals surface area contributed by atoms with Crippen LogP contribution in [0.4, 0.5) is 0 Å². The summed E-state index contributed by atoms with van der Waals surface area (Å²) < 4.78 is 0. The van der Waals surface area contributed by atoms with Gasteiger partial charge in [-0.25, -0.2) is 0 Å². The van der Waals surface area contributed by atoms with Gasteiger partial charge in [-0.15, -0.1) is 0 Å². The number of hydrogen-bond donors (Lipinski definition) is 0. The van der Waals surface area contributed by atoms with Crippen LogP contribution in [0.2, 0.25) is 0 Å². The van der Waals surface area contributed by atoms with Crippen LogP contribution in [-0.2, 0) is 28.3 Å². The summed E-state index contributed by atoms with van der Waals surface area (Å²) in [5.41, 5.74) is 1.24. The van der Waals surface area contributed by atoms with E-state index in [1.165, 1.54) is 5.56 Å². The summed E-state index contributed by atoms with van der Waals surface area (Å²) in [5, 5.41) is 0. The summed E-state index contributed by atoms with van der Waals surface area (Å²) in [7, 11) is 0. The Morgan fingerprint density at radius 1 is 1.25 bits per heavy atom. The van der Waals surface area contributed by atoms with Crippen LogP contribution in [0.25, 0.3) is 0 Å². The molecule has 0 aliphatic rings. The zero-order valence-corrected chi connectivity index (χ0v) is 8.17. The zero-order chi connectivity index (χ0) is 8.10. The summed E-state index contributed by atoms with van der Waals surface area (Å²) in [6.07, 6.45) is 1.53. The molecular weight excluding hydrogens is 192 g/mol. The zero-order valence-electron chi connectivity index (χ0n) is 7.06. The largest absolute Gasteiger partial charge is 0.300 e. The molecule has 1 nitrogen and oxygen atoms in total. The summed E-state index contributed by atoms with van der Waals surface area (Å²) >= 11 is 0. The molecule has 0 atom stereocenters. The molecule has 0 N–H and O–H groups in total. The number of carbonyl (C=O) groups excluding carboxylic acids is 1. The van der Waals surface area contributed by atoms with E-state index < -0.39 is 0 Å². The van der Waals surface area contributed by atoms with Crippen LogP contribution in [0.1, 0.15) is 18.9 Å². The minimum absolute atomic E-state index is 0. The van der Waals surface area contributed by atoms with Crippen LogP contribution in [0.5, 0.6) is 0 Å². The fourth-order valence-electron chi connectivity index (χ4n) is 0.965. The van der Waals surface area contributed by atoms with Crippen molar-refractivity contribution in [3.05, 3.63) is 35.9 Å². The van der Waals surface area contributed by atoms with Gasteiger partial charge in [0.1, 0.15) is 5.78 Å². The van der Waals surface area contributed by atoms with E-state index in [-0.39, 0.29) is 22.9 Å². The summed E-state index contributed by atoms with van der Waals surface area (Å²) in [5.74, 6) is 0.258. The van der Waals surface area contributed by atoms with Crippen molar-refractivity contribution in [2.75, 3.05) is 0 Å². The van der Waals surface area contributed by atoms with Gasteiger partial charge < -0.3 is 4.79 Å². The number of aryl methyl sites for hydroxylation is 1. The van der Waals surface area contributed by atoms with E-state index in [1.807, 2.05) is 30.3 Å². The molecule has 1 aromatic carbocycles. The molecule has 2 heteroatoms.